The van der Waals surface area contributed by atoms with E-state index in [0.29, 0.717) is 11.5 Å². The van der Waals surface area contributed by atoms with E-state index in [4.69, 9.17) is 5.73 Å². The minimum Gasteiger partial charge on any atom is -0.358 e. The van der Waals surface area contributed by atoms with Gasteiger partial charge in [-0.05, 0) is 0 Å². The largest absolute Gasteiger partial charge is 0.390 e. The lowest BCUT2D eigenvalue weighted by Crippen LogP contribution is -2.25. The number of nitrogens with two attached hydrogens (primary N) is 1. The zero-order valence-corrected chi connectivity index (χ0v) is 8.83. The Morgan fingerprint density at radius 1 is 1.38 bits per heavy atom. The van der Waals surface area contributed by atoms with Crippen LogP contribution < -0.4 is 10.6 Å². The summed E-state index contributed by atoms with van der Waals surface area (Å²) in [6, 6.07) is 0. The molecule has 16 heavy (non-hydrogen) atoms. The lowest BCUT2D eigenvalue weighted by atomic mass is 10.4. The van der Waals surface area contributed by atoms with Gasteiger partial charge < -0.3 is 10.6 Å². The van der Waals surface area contributed by atoms with Crippen LogP contribution in [0, 0.1) is 0 Å². The number of aromatic nitrogens is 2. The molecule has 0 unspecified atom stereocenters. The fraction of sp³-hybridized carbons (Fsp3) is 0.556. The number of anilines is 1. The monoisotopic (exact) mass is 234 g/mol. The number of hydrogen-bond acceptors (Lipinski definition) is 4. The Kier molecular flexibility index (Phi) is 4.05. The lowest BCUT2D eigenvalue weighted by molar-refractivity contribution is -0.132. The first-order chi connectivity index (χ1) is 7.42. The topological polar surface area (TPSA) is 55.0 Å². The van der Waals surface area contributed by atoms with E-state index in [0.717, 1.165) is 0 Å². The molecule has 1 rings (SSSR count). The molecule has 0 aliphatic carbocycles. The molecule has 4 nitrogen and oxygen atoms in total. The molecule has 0 saturated heterocycles. The Morgan fingerprint density at radius 2 is 2.06 bits per heavy atom. The van der Waals surface area contributed by atoms with Crippen molar-refractivity contribution in [3.63, 3.8) is 0 Å². The summed E-state index contributed by atoms with van der Waals surface area (Å²) >= 11 is 0. The van der Waals surface area contributed by atoms with Crippen LogP contribution in [0.5, 0.6) is 0 Å². The van der Waals surface area contributed by atoms with Gasteiger partial charge in [-0.2, -0.15) is 13.2 Å². The second-order valence-corrected chi connectivity index (χ2v) is 3.36. The molecule has 0 aliphatic heterocycles. The summed E-state index contributed by atoms with van der Waals surface area (Å²) in [5, 5.41) is 0. The predicted octanol–water partition coefficient (Wildman–Crippen LogP) is 1.32. The predicted molar refractivity (Wildman–Crippen MR) is 53.9 cm³/mol. The molecule has 0 saturated carbocycles. The number of rotatable bonds is 4. The van der Waals surface area contributed by atoms with Crippen molar-refractivity contribution in [2.24, 2.45) is 5.73 Å². The second kappa shape index (κ2) is 5.11. The Morgan fingerprint density at radius 3 is 2.62 bits per heavy atom. The molecule has 0 bridgehead atoms. The molecule has 1 aromatic heterocycles. The summed E-state index contributed by atoms with van der Waals surface area (Å²) in [5.74, 6) is 0.396. The van der Waals surface area contributed by atoms with Gasteiger partial charge in [0.15, 0.2) is 0 Å². The molecular formula is C9H13F3N4. The number of nitrogens with zero attached hydrogens (tertiary/aromatic N) is 3. The highest BCUT2D eigenvalue weighted by Crippen LogP contribution is 2.20. The summed E-state index contributed by atoms with van der Waals surface area (Å²) in [7, 11) is 1.54. The molecule has 2 N–H and O–H groups in total. The van der Waals surface area contributed by atoms with Gasteiger partial charge in [-0.15, -0.1) is 0 Å². The van der Waals surface area contributed by atoms with Gasteiger partial charge in [-0.1, -0.05) is 0 Å². The van der Waals surface area contributed by atoms with Crippen molar-refractivity contribution in [3.05, 3.63) is 18.1 Å². The highest BCUT2D eigenvalue weighted by atomic mass is 19.4. The van der Waals surface area contributed by atoms with Gasteiger partial charge in [0, 0.05) is 26.3 Å². The molecule has 1 aromatic rings. The third-order valence-electron chi connectivity index (χ3n) is 2.00. The molecule has 7 heteroatoms. The SMILES string of the molecule is CN(CCC(F)(F)F)c1cncc(CN)n1. The zero-order chi connectivity index (χ0) is 12.2. The Labute approximate surface area is 91.3 Å². The standard InChI is InChI=1S/C9H13F3N4/c1-16(3-2-9(10,11)12)8-6-14-5-7(4-13)15-8/h5-6H,2-4,13H2,1H3. The van der Waals surface area contributed by atoms with Crippen LogP contribution in [-0.2, 0) is 6.54 Å². The minimum atomic E-state index is -4.16. The van der Waals surface area contributed by atoms with E-state index in [1.165, 1.54) is 24.3 Å². The van der Waals surface area contributed by atoms with Gasteiger partial charge in [-0.25, -0.2) is 4.98 Å². The maximum Gasteiger partial charge on any atom is 0.390 e. The van der Waals surface area contributed by atoms with Crippen molar-refractivity contribution in [3.8, 4) is 0 Å². The van der Waals surface area contributed by atoms with Crippen molar-refractivity contribution in [2.45, 2.75) is 19.1 Å². The van der Waals surface area contributed by atoms with Crippen LogP contribution in [0.15, 0.2) is 12.4 Å². The first kappa shape index (κ1) is 12.7. The third kappa shape index (κ3) is 4.01. The van der Waals surface area contributed by atoms with Gasteiger partial charge in [-0.3, -0.25) is 4.98 Å². The van der Waals surface area contributed by atoms with Crippen molar-refractivity contribution >= 4 is 5.82 Å². The molecule has 0 spiro atoms. The van der Waals surface area contributed by atoms with Crippen LogP contribution in [0.1, 0.15) is 12.1 Å². The summed E-state index contributed by atoms with van der Waals surface area (Å²) in [5.41, 5.74) is 5.91. The molecule has 0 amide bonds. The molecule has 0 fully saturated rings. The third-order valence-corrected chi connectivity index (χ3v) is 2.00. The van der Waals surface area contributed by atoms with Crippen LogP contribution in [0.4, 0.5) is 19.0 Å². The number of hydrogen-bond donors (Lipinski definition) is 1. The first-order valence-corrected chi connectivity index (χ1v) is 4.71. The van der Waals surface area contributed by atoms with E-state index in [1.54, 1.807) is 0 Å². The van der Waals surface area contributed by atoms with E-state index in [-0.39, 0.29) is 13.1 Å². The highest BCUT2D eigenvalue weighted by molar-refractivity contribution is 5.34. The van der Waals surface area contributed by atoms with Gasteiger partial charge in [0.2, 0.25) is 0 Å². The fourth-order valence-electron chi connectivity index (χ4n) is 1.09. The van der Waals surface area contributed by atoms with Crippen molar-refractivity contribution < 1.29 is 13.2 Å². The molecular weight excluding hydrogens is 221 g/mol. The summed E-state index contributed by atoms with van der Waals surface area (Å²) in [6.45, 7) is 0.0696. The van der Waals surface area contributed by atoms with Crippen LogP contribution in [-0.4, -0.2) is 29.7 Å². The van der Waals surface area contributed by atoms with E-state index in [1.807, 2.05) is 0 Å². The second-order valence-electron chi connectivity index (χ2n) is 3.36. The zero-order valence-electron chi connectivity index (χ0n) is 8.83. The smallest absolute Gasteiger partial charge is 0.358 e. The van der Waals surface area contributed by atoms with Crippen LogP contribution in [0.2, 0.25) is 0 Å². The first-order valence-electron chi connectivity index (χ1n) is 4.71. The van der Waals surface area contributed by atoms with Crippen LogP contribution >= 0.6 is 0 Å². The van der Waals surface area contributed by atoms with Gasteiger partial charge >= 0.3 is 6.18 Å². The number of alkyl halides is 3. The Hall–Kier alpha value is -1.37. The van der Waals surface area contributed by atoms with Crippen LogP contribution in [0.25, 0.3) is 0 Å². The molecule has 0 atom stereocenters. The van der Waals surface area contributed by atoms with E-state index >= 15 is 0 Å². The molecule has 0 aliphatic rings. The quantitative estimate of drug-likeness (QED) is 0.853. The van der Waals surface area contributed by atoms with Crippen molar-refractivity contribution in [1.82, 2.24) is 9.97 Å². The van der Waals surface area contributed by atoms with Crippen LogP contribution in [0.3, 0.4) is 0 Å². The van der Waals surface area contributed by atoms with E-state index in [2.05, 4.69) is 9.97 Å². The van der Waals surface area contributed by atoms with Crippen molar-refractivity contribution in [1.29, 1.82) is 0 Å². The fourth-order valence-corrected chi connectivity index (χ4v) is 1.09. The number of halogens is 3. The van der Waals surface area contributed by atoms with Gasteiger partial charge in [0.05, 0.1) is 18.3 Å². The maximum absolute atomic E-state index is 12.0. The average Bonchev–Trinajstić information content (AvgIpc) is 2.25. The summed E-state index contributed by atoms with van der Waals surface area (Å²) in [6.07, 6.45) is -2.14. The lowest BCUT2D eigenvalue weighted by Gasteiger charge is -2.18. The Balaban J connectivity index is 2.62. The Bertz CT molecular complexity index is 340. The van der Waals surface area contributed by atoms with Gasteiger partial charge in [0.25, 0.3) is 0 Å². The minimum absolute atomic E-state index is 0.147. The molecule has 0 aromatic carbocycles. The van der Waals surface area contributed by atoms with Gasteiger partial charge in [0.1, 0.15) is 5.82 Å². The van der Waals surface area contributed by atoms with Crippen molar-refractivity contribution in [2.75, 3.05) is 18.5 Å². The van der Waals surface area contributed by atoms with E-state index in [9.17, 15) is 13.2 Å². The molecule has 90 valence electrons. The molecule has 0 radical (unpaired) electrons. The maximum atomic E-state index is 12.0. The van der Waals surface area contributed by atoms with E-state index < -0.39 is 12.6 Å². The summed E-state index contributed by atoms with van der Waals surface area (Å²) < 4.78 is 36.0. The summed E-state index contributed by atoms with van der Waals surface area (Å²) in [4.78, 5) is 9.32. The normalized spacial score (nSPS) is 11.6. The molecule has 1 heterocycles. The average molecular weight is 234 g/mol. The highest BCUT2D eigenvalue weighted by Gasteiger charge is 2.27.